The van der Waals surface area contributed by atoms with Crippen molar-refractivity contribution >= 4 is 23.4 Å². The molecule has 0 aromatic heterocycles. The van der Waals surface area contributed by atoms with Gasteiger partial charge in [0.25, 0.3) is 0 Å². The highest BCUT2D eigenvalue weighted by Gasteiger charge is 2.02. The molecule has 0 amide bonds. The maximum absolute atomic E-state index is 5.88. The molecule has 1 N–H and O–H groups in total. The lowest BCUT2D eigenvalue weighted by Crippen LogP contribution is -1.93. The van der Waals surface area contributed by atoms with Crippen molar-refractivity contribution in [3.05, 3.63) is 34.9 Å². The predicted molar refractivity (Wildman–Crippen MR) is 55.8 cm³/mol. The van der Waals surface area contributed by atoms with Crippen LogP contribution in [0.25, 0.3) is 6.08 Å². The molecule has 1 rings (SSSR count). The van der Waals surface area contributed by atoms with Crippen molar-refractivity contribution in [3.63, 3.8) is 0 Å². The number of nitrogens with one attached hydrogen (secondary N) is 1. The highest BCUT2D eigenvalue weighted by molar-refractivity contribution is 6.31. The van der Waals surface area contributed by atoms with E-state index in [0.717, 1.165) is 21.8 Å². The zero-order valence-electron chi connectivity index (χ0n) is 7.32. The molecule has 0 radical (unpaired) electrons. The van der Waals surface area contributed by atoms with E-state index in [9.17, 15) is 0 Å². The molecule has 64 valence electrons. The first kappa shape index (κ1) is 9.14. The second-order valence-electron chi connectivity index (χ2n) is 2.64. The smallest absolute Gasteiger partial charge is 0.0429 e. The van der Waals surface area contributed by atoms with Crippen LogP contribution >= 0.6 is 11.6 Å². The molecule has 1 aromatic rings. The van der Waals surface area contributed by atoms with Gasteiger partial charge in [-0.2, -0.15) is 0 Å². The molecule has 0 saturated carbocycles. The molecule has 0 atom stereocenters. The van der Waals surface area contributed by atoms with Gasteiger partial charge in [0.1, 0.15) is 0 Å². The van der Waals surface area contributed by atoms with E-state index in [0.29, 0.717) is 0 Å². The molecular formula is C10H12ClN. The van der Waals surface area contributed by atoms with Crippen LogP contribution in [-0.2, 0) is 0 Å². The first-order valence-electron chi connectivity index (χ1n) is 3.79. The maximum Gasteiger partial charge on any atom is 0.0429 e. The fraction of sp³-hybridized carbons (Fsp3) is 0.200. The number of benzene rings is 1. The van der Waals surface area contributed by atoms with E-state index in [4.69, 9.17) is 11.6 Å². The van der Waals surface area contributed by atoms with Crippen LogP contribution in [0.3, 0.4) is 0 Å². The number of anilines is 1. The van der Waals surface area contributed by atoms with Crippen LogP contribution in [0, 0.1) is 6.92 Å². The van der Waals surface area contributed by atoms with Gasteiger partial charge in [0.2, 0.25) is 0 Å². The fourth-order valence-electron chi connectivity index (χ4n) is 1.23. The molecule has 1 nitrogen and oxygen atoms in total. The Morgan fingerprint density at radius 3 is 2.67 bits per heavy atom. The Morgan fingerprint density at radius 1 is 1.50 bits per heavy atom. The van der Waals surface area contributed by atoms with Crippen molar-refractivity contribution in [1.29, 1.82) is 0 Å². The Bertz CT molecular complexity index is 305. The highest BCUT2D eigenvalue weighted by atomic mass is 35.5. The van der Waals surface area contributed by atoms with Gasteiger partial charge < -0.3 is 5.32 Å². The van der Waals surface area contributed by atoms with Gasteiger partial charge in [0.05, 0.1) is 0 Å². The van der Waals surface area contributed by atoms with E-state index in [1.54, 1.807) is 0 Å². The SMILES string of the molecule is C=Cc1c(C)cc(Cl)cc1NC. The molecule has 0 saturated heterocycles. The van der Waals surface area contributed by atoms with Crippen LogP contribution in [0.4, 0.5) is 5.69 Å². The van der Waals surface area contributed by atoms with Crippen LogP contribution in [-0.4, -0.2) is 7.05 Å². The lowest BCUT2D eigenvalue weighted by Gasteiger charge is -2.08. The quantitative estimate of drug-likeness (QED) is 0.738. The normalized spacial score (nSPS) is 9.58. The van der Waals surface area contributed by atoms with E-state index in [1.165, 1.54) is 0 Å². The molecule has 0 aliphatic heterocycles. The largest absolute Gasteiger partial charge is 0.388 e. The molecule has 0 heterocycles. The van der Waals surface area contributed by atoms with Gasteiger partial charge in [-0.05, 0) is 24.6 Å². The molecule has 2 heteroatoms. The lowest BCUT2D eigenvalue weighted by atomic mass is 10.1. The zero-order chi connectivity index (χ0) is 9.14. The predicted octanol–water partition coefficient (Wildman–Crippen LogP) is 3.33. The number of halogens is 1. The summed E-state index contributed by atoms with van der Waals surface area (Å²) in [7, 11) is 1.87. The highest BCUT2D eigenvalue weighted by Crippen LogP contribution is 2.25. The fourth-order valence-corrected chi connectivity index (χ4v) is 1.50. The molecule has 0 spiro atoms. The van der Waals surface area contributed by atoms with Gasteiger partial charge in [-0.1, -0.05) is 24.3 Å². The minimum atomic E-state index is 0.752. The Labute approximate surface area is 78.1 Å². The Balaban J connectivity index is 3.33. The Kier molecular flexibility index (Phi) is 2.77. The minimum Gasteiger partial charge on any atom is -0.388 e. The van der Waals surface area contributed by atoms with Gasteiger partial charge >= 0.3 is 0 Å². The Morgan fingerprint density at radius 2 is 2.17 bits per heavy atom. The van der Waals surface area contributed by atoms with Crippen molar-refractivity contribution in [1.82, 2.24) is 0 Å². The third kappa shape index (κ3) is 1.62. The molecule has 0 unspecified atom stereocenters. The number of hydrogen-bond donors (Lipinski definition) is 1. The second kappa shape index (κ2) is 3.63. The van der Waals surface area contributed by atoms with E-state index >= 15 is 0 Å². The summed E-state index contributed by atoms with van der Waals surface area (Å²) in [5, 5.41) is 3.82. The average molecular weight is 182 g/mol. The van der Waals surface area contributed by atoms with Crippen LogP contribution in [0.5, 0.6) is 0 Å². The van der Waals surface area contributed by atoms with Crippen molar-refractivity contribution in [2.45, 2.75) is 6.92 Å². The summed E-state index contributed by atoms with van der Waals surface area (Å²) < 4.78 is 0. The molecule has 1 aromatic carbocycles. The zero-order valence-corrected chi connectivity index (χ0v) is 8.07. The standard InChI is InChI=1S/C10H12ClN/c1-4-9-7(2)5-8(11)6-10(9)12-3/h4-6,12H,1H2,2-3H3. The summed E-state index contributed by atoms with van der Waals surface area (Å²) in [6.07, 6.45) is 1.83. The van der Waals surface area contributed by atoms with E-state index in [-0.39, 0.29) is 0 Å². The van der Waals surface area contributed by atoms with Gasteiger partial charge in [-0.15, -0.1) is 0 Å². The number of aryl methyl sites for hydroxylation is 1. The first-order chi connectivity index (χ1) is 5.69. The van der Waals surface area contributed by atoms with Crippen LogP contribution in [0.15, 0.2) is 18.7 Å². The summed E-state index contributed by atoms with van der Waals surface area (Å²) in [6.45, 7) is 5.76. The lowest BCUT2D eigenvalue weighted by molar-refractivity contribution is 1.40. The van der Waals surface area contributed by atoms with Crippen molar-refractivity contribution in [2.24, 2.45) is 0 Å². The first-order valence-corrected chi connectivity index (χ1v) is 4.17. The summed E-state index contributed by atoms with van der Waals surface area (Å²) in [4.78, 5) is 0. The van der Waals surface area contributed by atoms with E-state index in [2.05, 4.69) is 11.9 Å². The third-order valence-electron chi connectivity index (χ3n) is 1.83. The van der Waals surface area contributed by atoms with Gasteiger partial charge in [-0.3, -0.25) is 0 Å². The molecular weight excluding hydrogens is 170 g/mol. The summed E-state index contributed by atoms with van der Waals surface area (Å²) in [6, 6.07) is 3.82. The molecule has 0 fully saturated rings. The number of hydrogen-bond acceptors (Lipinski definition) is 1. The van der Waals surface area contributed by atoms with Crippen LogP contribution < -0.4 is 5.32 Å². The molecule has 0 aliphatic rings. The van der Waals surface area contributed by atoms with Crippen LogP contribution in [0.2, 0.25) is 5.02 Å². The van der Waals surface area contributed by atoms with Gasteiger partial charge in [0.15, 0.2) is 0 Å². The molecule has 12 heavy (non-hydrogen) atoms. The number of rotatable bonds is 2. The molecule has 0 bridgehead atoms. The van der Waals surface area contributed by atoms with E-state index < -0.39 is 0 Å². The van der Waals surface area contributed by atoms with Crippen molar-refractivity contribution in [3.8, 4) is 0 Å². The second-order valence-corrected chi connectivity index (χ2v) is 3.07. The Hall–Kier alpha value is -0.950. The topological polar surface area (TPSA) is 12.0 Å². The molecule has 0 aliphatic carbocycles. The third-order valence-corrected chi connectivity index (χ3v) is 2.04. The average Bonchev–Trinajstić information content (AvgIpc) is 2.03. The summed E-state index contributed by atoms with van der Waals surface area (Å²) in [5.74, 6) is 0. The van der Waals surface area contributed by atoms with E-state index in [1.807, 2.05) is 32.2 Å². The minimum absolute atomic E-state index is 0.752. The summed E-state index contributed by atoms with van der Waals surface area (Å²) in [5.41, 5.74) is 3.28. The van der Waals surface area contributed by atoms with Crippen molar-refractivity contribution < 1.29 is 0 Å². The van der Waals surface area contributed by atoms with Gasteiger partial charge in [-0.25, -0.2) is 0 Å². The monoisotopic (exact) mass is 181 g/mol. The van der Waals surface area contributed by atoms with Crippen molar-refractivity contribution in [2.75, 3.05) is 12.4 Å². The maximum atomic E-state index is 5.88. The van der Waals surface area contributed by atoms with Gasteiger partial charge in [0, 0.05) is 23.3 Å². The van der Waals surface area contributed by atoms with Crippen LogP contribution in [0.1, 0.15) is 11.1 Å². The summed E-state index contributed by atoms with van der Waals surface area (Å²) >= 11 is 5.88.